The van der Waals surface area contributed by atoms with Gasteiger partial charge in [-0.25, -0.2) is 0 Å². The Labute approximate surface area is 111 Å². The molecule has 7 nitrogen and oxygen atoms in total. The van der Waals surface area contributed by atoms with E-state index in [0.29, 0.717) is 12.2 Å². The zero-order valence-corrected chi connectivity index (χ0v) is 10.8. The first-order chi connectivity index (χ1) is 9.05. The highest BCUT2D eigenvalue weighted by Gasteiger charge is 2.49. The summed E-state index contributed by atoms with van der Waals surface area (Å²) in [6.45, 7) is 1.43. The summed E-state index contributed by atoms with van der Waals surface area (Å²) in [6, 6.07) is 0. The van der Waals surface area contributed by atoms with Crippen LogP contribution in [0.4, 0.5) is 0 Å². The first-order valence-corrected chi connectivity index (χ1v) is 6.61. The van der Waals surface area contributed by atoms with Gasteiger partial charge in [0.05, 0.1) is 12.1 Å². The summed E-state index contributed by atoms with van der Waals surface area (Å²) < 4.78 is 1.69. The number of aryl methyl sites for hydroxylation is 1. The highest BCUT2D eigenvalue weighted by atomic mass is 16.4. The Morgan fingerprint density at radius 1 is 1.47 bits per heavy atom. The number of rotatable bonds is 7. The van der Waals surface area contributed by atoms with Crippen molar-refractivity contribution in [3.63, 3.8) is 0 Å². The summed E-state index contributed by atoms with van der Waals surface area (Å²) in [4.78, 5) is 10.7. The van der Waals surface area contributed by atoms with Crippen LogP contribution >= 0.6 is 0 Å². The van der Waals surface area contributed by atoms with E-state index in [1.165, 1.54) is 0 Å². The van der Waals surface area contributed by atoms with E-state index in [4.69, 9.17) is 10.8 Å². The second-order valence-corrected chi connectivity index (χ2v) is 5.19. The van der Waals surface area contributed by atoms with Gasteiger partial charge in [-0.15, -0.1) is 5.10 Å². The lowest BCUT2D eigenvalue weighted by Crippen LogP contribution is -2.44. The fourth-order valence-electron chi connectivity index (χ4n) is 2.36. The lowest BCUT2D eigenvalue weighted by Gasteiger charge is -2.39. The largest absolute Gasteiger partial charge is 0.481 e. The molecule has 0 spiro atoms. The van der Waals surface area contributed by atoms with Gasteiger partial charge in [0.2, 0.25) is 0 Å². The first kappa shape index (κ1) is 14.0. The Kier molecular flexibility index (Phi) is 4.16. The van der Waals surface area contributed by atoms with E-state index in [2.05, 4.69) is 10.3 Å². The Morgan fingerprint density at radius 2 is 2.21 bits per heavy atom. The summed E-state index contributed by atoms with van der Waals surface area (Å²) >= 11 is 0. The molecule has 2 rings (SSSR count). The van der Waals surface area contributed by atoms with Crippen LogP contribution in [0.25, 0.3) is 0 Å². The standard InChI is InChI=1S/C12H20N4O3/c13-4-2-1-3-5-16-8-10(14-15-16)12(19)6-9(7-12)11(17)18/h8-9,19H,1-7,13H2,(H,17,18). The van der Waals surface area contributed by atoms with E-state index < -0.39 is 17.5 Å². The van der Waals surface area contributed by atoms with Crippen molar-refractivity contribution in [3.05, 3.63) is 11.9 Å². The molecular weight excluding hydrogens is 248 g/mol. The number of aliphatic carboxylic acids is 1. The monoisotopic (exact) mass is 268 g/mol. The topological polar surface area (TPSA) is 114 Å². The van der Waals surface area contributed by atoms with Gasteiger partial charge in [-0.1, -0.05) is 11.6 Å². The van der Waals surface area contributed by atoms with Crippen LogP contribution in [0.15, 0.2) is 6.20 Å². The maximum Gasteiger partial charge on any atom is 0.306 e. The number of unbranched alkanes of at least 4 members (excludes halogenated alkanes) is 2. The molecule has 19 heavy (non-hydrogen) atoms. The molecule has 0 amide bonds. The maximum atomic E-state index is 10.7. The zero-order valence-electron chi connectivity index (χ0n) is 10.8. The molecule has 1 saturated carbocycles. The van der Waals surface area contributed by atoms with Crippen molar-refractivity contribution in [3.8, 4) is 0 Å². The van der Waals surface area contributed by atoms with Gasteiger partial charge in [-0.2, -0.15) is 0 Å². The second-order valence-electron chi connectivity index (χ2n) is 5.19. The number of aliphatic hydroxyl groups is 1. The lowest BCUT2D eigenvalue weighted by atomic mass is 9.69. The van der Waals surface area contributed by atoms with Crippen LogP contribution in [0.2, 0.25) is 0 Å². The normalized spacial score (nSPS) is 26.1. The predicted octanol–water partition coefficient (Wildman–Crippen LogP) is 0.0893. The molecule has 0 bridgehead atoms. The highest BCUT2D eigenvalue weighted by Crippen LogP contribution is 2.44. The zero-order chi connectivity index (χ0) is 13.9. The smallest absolute Gasteiger partial charge is 0.306 e. The summed E-state index contributed by atoms with van der Waals surface area (Å²) in [7, 11) is 0. The molecular formula is C12H20N4O3. The van der Waals surface area contributed by atoms with Crippen LogP contribution < -0.4 is 5.73 Å². The molecule has 0 unspecified atom stereocenters. The first-order valence-electron chi connectivity index (χ1n) is 6.61. The van der Waals surface area contributed by atoms with Gasteiger partial charge in [0, 0.05) is 6.54 Å². The van der Waals surface area contributed by atoms with Gasteiger partial charge in [0.1, 0.15) is 11.3 Å². The number of nitrogens with zero attached hydrogens (tertiary/aromatic N) is 3. The van der Waals surface area contributed by atoms with Crippen LogP contribution in [-0.2, 0) is 16.9 Å². The van der Waals surface area contributed by atoms with Crippen LogP contribution in [0.5, 0.6) is 0 Å². The minimum atomic E-state index is -1.11. The van der Waals surface area contributed by atoms with Crippen molar-refractivity contribution in [2.45, 2.75) is 44.2 Å². The predicted molar refractivity (Wildman–Crippen MR) is 67.2 cm³/mol. The van der Waals surface area contributed by atoms with Gasteiger partial charge < -0.3 is 15.9 Å². The molecule has 0 aromatic carbocycles. The third-order valence-electron chi connectivity index (χ3n) is 3.62. The third kappa shape index (κ3) is 3.10. The van der Waals surface area contributed by atoms with E-state index in [1.807, 2.05) is 0 Å². The van der Waals surface area contributed by atoms with Gasteiger partial charge in [0.25, 0.3) is 0 Å². The number of aromatic nitrogens is 3. The van der Waals surface area contributed by atoms with Gasteiger partial charge >= 0.3 is 5.97 Å². The van der Waals surface area contributed by atoms with E-state index >= 15 is 0 Å². The molecule has 1 aliphatic rings. The van der Waals surface area contributed by atoms with Crippen molar-refractivity contribution >= 4 is 5.97 Å². The number of hydrogen-bond acceptors (Lipinski definition) is 5. The SMILES string of the molecule is NCCCCCn1cc(C2(O)CC(C(=O)O)C2)nn1. The molecule has 0 atom stereocenters. The summed E-state index contributed by atoms with van der Waals surface area (Å²) in [5.41, 5.74) is 4.78. The summed E-state index contributed by atoms with van der Waals surface area (Å²) in [5, 5.41) is 27.0. The van der Waals surface area contributed by atoms with E-state index in [1.54, 1.807) is 10.9 Å². The molecule has 1 fully saturated rings. The van der Waals surface area contributed by atoms with Crippen molar-refractivity contribution < 1.29 is 15.0 Å². The van der Waals surface area contributed by atoms with Crippen molar-refractivity contribution in [1.29, 1.82) is 0 Å². The van der Waals surface area contributed by atoms with E-state index in [0.717, 1.165) is 25.8 Å². The van der Waals surface area contributed by atoms with E-state index in [-0.39, 0.29) is 12.8 Å². The van der Waals surface area contributed by atoms with Crippen LogP contribution in [0, 0.1) is 5.92 Å². The molecule has 7 heteroatoms. The highest BCUT2D eigenvalue weighted by molar-refractivity contribution is 5.71. The molecule has 4 N–H and O–H groups in total. The van der Waals surface area contributed by atoms with Gasteiger partial charge in [0.15, 0.2) is 0 Å². The van der Waals surface area contributed by atoms with Crippen LogP contribution in [0.1, 0.15) is 37.8 Å². The Balaban J connectivity index is 1.86. The molecule has 1 aliphatic carbocycles. The fourth-order valence-corrected chi connectivity index (χ4v) is 2.36. The third-order valence-corrected chi connectivity index (χ3v) is 3.62. The Morgan fingerprint density at radius 3 is 2.84 bits per heavy atom. The summed E-state index contributed by atoms with van der Waals surface area (Å²) in [6.07, 6.45) is 5.14. The number of carboxylic acid groups (broad SMARTS) is 1. The maximum absolute atomic E-state index is 10.7. The number of nitrogens with two attached hydrogens (primary N) is 1. The molecule has 0 saturated heterocycles. The fraction of sp³-hybridized carbons (Fsp3) is 0.750. The molecule has 106 valence electrons. The Bertz CT molecular complexity index is 440. The molecule has 1 aromatic rings. The van der Waals surface area contributed by atoms with Gasteiger partial charge in [-0.3, -0.25) is 9.48 Å². The van der Waals surface area contributed by atoms with Gasteiger partial charge in [-0.05, 0) is 32.2 Å². The quantitative estimate of drug-likeness (QED) is 0.604. The van der Waals surface area contributed by atoms with E-state index in [9.17, 15) is 9.90 Å². The summed E-state index contributed by atoms with van der Waals surface area (Å²) in [5.74, 6) is -1.33. The van der Waals surface area contributed by atoms with Crippen LogP contribution in [-0.4, -0.2) is 37.7 Å². The average molecular weight is 268 g/mol. The average Bonchev–Trinajstić information content (AvgIpc) is 2.79. The minimum absolute atomic E-state index is 0.216. The number of carboxylic acids is 1. The molecule has 0 radical (unpaired) electrons. The van der Waals surface area contributed by atoms with Crippen molar-refractivity contribution in [1.82, 2.24) is 15.0 Å². The number of carbonyl (C=O) groups is 1. The molecule has 0 aliphatic heterocycles. The number of hydrogen-bond donors (Lipinski definition) is 3. The molecule has 1 aromatic heterocycles. The van der Waals surface area contributed by atoms with Crippen molar-refractivity contribution in [2.75, 3.05) is 6.54 Å². The van der Waals surface area contributed by atoms with Crippen molar-refractivity contribution in [2.24, 2.45) is 11.7 Å². The van der Waals surface area contributed by atoms with Crippen LogP contribution in [0.3, 0.4) is 0 Å². The molecule has 1 heterocycles. The minimum Gasteiger partial charge on any atom is -0.481 e. The lowest BCUT2D eigenvalue weighted by molar-refractivity contribution is -0.160. The Hall–Kier alpha value is -1.47. The second kappa shape index (κ2) is 5.66.